The van der Waals surface area contributed by atoms with Gasteiger partial charge in [0, 0.05) is 44.2 Å². The van der Waals surface area contributed by atoms with Crippen LogP contribution in [0.2, 0.25) is 0 Å². The minimum Gasteiger partial charge on any atom is -0.507 e. The number of piperidine rings is 1. The van der Waals surface area contributed by atoms with E-state index in [0.29, 0.717) is 39.0 Å². The van der Waals surface area contributed by atoms with Gasteiger partial charge in [-0.15, -0.1) is 0 Å². The van der Waals surface area contributed by atoms with Crippen LogP contribution in [-0.2, 0) is 9.59 Å². The average Bonchev–Trinajstić information content (AvgIpc) is 2.99. The highest BCUT2D eigenvalue weighted by molar-refractivity contribution is 5.95. The van der Waals surface area contributed by atoms with Crippen molar-refractivity contribution < 1.29 is 19.5 Å². The Labute approximate surface area is 176 Å². The van der Waals surface area contributed by atoms with Crippen LogP contribution < -0.4 is 5.32 Å². The number of benzene rings is 1. The summed E-state index contributed by atoms with van der Waals surface area (Å²) in [6, 6.07) is 5.88. The second-order valence-electron chi connectivity index (χ2n) is 7.96. The molecule has 8 nitrogen and oxygen atoms in total. The molecular weight excluding hydrogens is 384 g/mol. The first-order chi connectivity index (χ1) is 14.4. The van der Waals surface area contributed by atoms with Gasteiger partial charge in [0.05, 0.1) is 11.5 Å². The summed E-state index contributed by atoms with van der Waals surface area (Å²) < 4.78 is 0. The number of carbonyl (C=O) groups excluding carboxylic acids is 3. The van der Waals surface area contributed by atoms with Gasteiger partial charge in [0.2, 0.25) is 11.8 Å². The summed E-state index contributed by atoms with van der Waals surface area (Å²) >= 11 is 0. The summed E-state index contributed by atoms with van der Waals surface area (Å²) in [7, 11) is 0. The zero-order valence-corrected chi connectivity index (χ0v) is 17.3. The van der Waals surface area contributed by atoms with Gasteiger partial charge in [-0.25, -0.2) is 0 Å². The van der Waals surface area contributed by atoms with Crippen LogP contribution in [0.4, 0.5) is 0 Å². The maximum Gasteiger partial charge on any atom is 0.251 e. The monoisotopic (exact) mass is 412 g/mol. The number of rotatable bonds is 4. The van der Waals surface area contributed by atoms with Crippen LogP contribution in [0, 0.1) is 17.2 Å². The van der Waals surface area contributed by atoms with Gasteiger partial charge in [-0.2, -0.15) is 5.26 Å². The molecule has 2 unspecified atom stereocenters. The quantitative estimate of drug-likeness (QED) is 0.780. The van der Waals surface area contributed by atoms with Crippen LogP contribution in [0.5, 0.6) is 5.75 Å². The fourth-order valence-electron chi connectivity index (χ4n) is 4.18. The summed E-state index contributed by atoms with van der Waals surface area (Å²) in [5.74, 6) is -0.594. The maximum atomic E-state index is 13.1. The highest BCUT2D eigenvalue weighted by atomic mass is 16.3. The fourth-order valence-corrected chi connectivity index (χ4v) is 4.18. The molecule has 0 aliphatic carbocycles. The van der Waals surface area contributed by atoms with E-state index in [1.54, 1.807) is 4.90 Å². The maximum absolute atomic E-state index is 13.1. The molecule has 3 amide bonds. The smallest absolute Gasteiger partial charge is 0.251 e. The predicted octanol–water partition coefficient (Wildman–Crippen LogP) is 1.63. The van der Waals surface area contributed by atoms with Gasteiger partial charge in [0.25, 0.3) is 5.91 Å². The Kier molecular flexibility index (Phi) is 6.93. The number of likely N-dealkylation sites (tertiary alicyclic amines) is 2. The van der Waals surface area contributed by atoms with Crippen LogP contribution >= 0.6 is 0 Å². The molecule has 2 atom stereocenters. The SMILES string of the molecule is CCN1CC(C(=O)N2CCCCC(NC(=O)c3ccc(C#N)c(O)c3)C2)CCC1=O. The summed E-state index contributed by atoms with van der Waals surface area (Å²) in [5, 5.41) is 21.7. The van der Waals surface area contributed by atoms with Gasteiger partial charge in [-0.1, -0.05) is 0 Å². The summed E-state index contributed by atoms with van der Waals surface area (Å²) in [4.78, 5) is 41.2. The van der Waals surface area contributed by atoms with Gasteiger partial charge >= 0.3 is 0 Å². The molecule has 2 aliphatic heterocycles. The number of nitrogens with one attached hydrogen (secondary N) is 1. The molecule has 160 valence electrons. The van der Waals surface area contributed by atoms with Crippen molar-refractivity contribution in [3.05, 3.63) is 29.3 Å². The van der Waals surface area contributed by atoms with Gasteiger partial charge in [-0.05, 0) is 50.8 Å². The standard InChI is InChI=1S/C22H28N4O4/c1-2-25-13-17(8-9-20(25)28)22(30)26-10-4-3-5-18(14-26)24-21(29)15-6-7-16(12-23)19(27)11-15/h6-7,11,17-18,27H,2-5,8-10,13-14H2,1H3,(H,24,29). The molecule has 2 N–H and O–H groups in total. The van der Waals surface area contributed by atoms with E-state index < -0.39 is 0 Å². The zero-order valence-electron chi connectivity index (χ0n) is 17.3. The van der Waals surface area contributed by atoms with Gasteiger partial charge in [0.1, 0.15) is 11.8 Å². The number of hydrogen-bond acceptors (Lipinski definition) is 5. The van der Waals surface area contributed by atoms with Crippen molar-refractivity contribution in [1.82, 2.24) is 15.1 Å². The van der Waals surface area contributed by atoms with Crippen molar-refractivity contribution in [1.29, 1.82) is 5.26 Å². The second kappa shape index (κ2) is 9.61. The Morgan fingerprint density at radius 1 is 1.27 bits per heavy atom. The number of hydrogen-bond donors (Lipinski definition) is 2. The van der Waals surface area contributed by atoms with Gasteiger partial charge < -0.3 is 20.2 Å². The van der Waals surface area contributed by atoms with Crippen LogP contribution in [0.1, 0.15) is 54.9 Å². The van der Waals surface area contributed by atoms with Crippen molar-refractivity contribution in [2.45, 2.75) is 45.1 Å². The number of amides is 3. The first-order valence-electron chi connectivity index (χ1n) is 10.5. The lowest BCUT2D eigenvalue weighted by atomic mass is 9.95. The minimum absolute atomic E-state index is 0.0538. The van der Waals surface area contributed by atoms with Crippen molar-refractivity contribution in [3.8, 4) is 11.8 Å². The first kappa shape index (κ1) is 21.6. The molecule has 3 rings (SSSR count). The lowest BCUT2D eigenvalue weighted by Gasteiger charge is -2.35. The van der Waals surface area contributed by atoms with Gasteiger partial charge in [0.15, 0.2) is 0 Å². The third kappa shape index (κ3) is 4.90. The van der Waals surface area contributed by atoms with E-state index in [9.17, 15) is 19.5 Å². The third-order valence-corrected chi connectivity index (χ3v) is 5.93. The number of carbonyl (C=O) groups is 3. The number of phenols is 1. The number of aromatic hydroxyl groups is 1. The molecule has 2 aliphatic rings. The Balaban J connectivity index is 1.64. The zero-order chi connectivity index (χ0) is 21.7. The molecule has 1 aromatic carbocycles. The Hall–Kier alpha value is -3.08. The third-order valence-electron chi connectivity index (χ3n) is 5.93. The Morgan fingerprint density at radius 3 is 2.77 bits per heavy atom. The molecule has 30 heavy (non-hydrogen) atoms. The fraction of sp³-hybridized carbons (Fsp3) is 0.545. The summed E-state index contributed by atoms with van der Waals surface area (Å²) in [5.41, 5.74) is 0.392. The molecule has 0 radical (unpaired) electrons. The molecule has 0 spiro atoms. The van der Waals surface area contributed by atoms with Crippen molar-refractivity contribution in [2.75, 3.05) is 26.2 Å². The molecule has 8 heteroatoms. The van der Waals surface area contributed by atoms with Crippen LogP contribution in [-0.4, -0.2) is 64.8 Å². The second-order valence-corrected chi connectivity index (χ2v) is 7.96. The van der Waals surface area contributed by atoms with E-state index in [4.69, 9.17) is 5.26 Å². The normalized spacial score (nSPS) is 22.2. The molecule has 1 aromatic rings. The Morgan fingerprint density at radius 2 is 2.07 bits per heavy atom. The molecule has 0 aromatic heterocycles. The number of nitrogens with zero attached hydrogens (tertiary/aromatic N) is 3. The predicted molar refractivity (Wildman–Crippen MR) is 109 cm³/mol. The van der Waals surface area contributed by atoms with Crippen LogP contribution in [0.15, 0.2) is 18.2 Å². The summed E-state index contributed by atoms with van der Waals surface area (Å²) in [6.07, 6.45) is 3.52. The van der Waals surface area contributed by atoms with Crippen LogP contribution in [0.3, 0.4) is 0 Å². The first-order valence-corrected chi connectivity index (χ1v) is 10.5. The largest absolute Gasteiger partial charge is 0.507 e. The average molecular weight is 412 g/mol. The van der Waals surface area contributed by atoms with E-state index >= 15 is 0 Å². The van der Waals surface area contributed by atoms with Crippen molar-refractivity contribution in [2.24, 2.45) is 5.92 Å². The Bertz CT molecular complexity index is 863. The number of nitriles is 1. The van der Waals surface area contributed by atoms with E-state index in [-0.39, 0.29) is 46.6 Å². The minimum atomic E-state index is -0.338. The molecule has 2 heterocycles. The van der Waals surface area contributed by atoms with E-state index in [1.165, 1.54) is 18.2 Å². The van der Waals surface area contributed by atoms with Gasteiger partial charge in [-0.3, -0.25) is 14.4 Å². The highest BCUT2D eigenvalue weighted by Gasteiger charge is 2.33. The topological polar surface area (TPSA) is 114 Å². The molecular formula is C22H28N4O4. The van der Waals surface area contributed by atoms with Crippen molar-refractivity contribution >= 4 is 17.7 Å². The lowest BCUT2D eigenvalue weighted by Crippen LogP contribution is -2.50. The number of phenolic OH excluding ortho intramolecular Hbond substituents is 1. The van der Waals surface area contributed by atoms with Crippen molar-refractivity contribution in [3.63, 3.8) is 0 Å². The van der Waals surface area contributed by atoms with E-state index in [0.717, 1.165) is 19.3 Å². The molecule has 0 bridgehead atoms. The molecule has 2 fully saturated rings. The highest BCUT2D eigenvalue weighted by Crippen LogP contribution is 2.22. The molecule has 0 saturated carbocycles. The van der Waals surface area contributed by atoms with E-state index in [2.05, 4.69) is 5.32 Å². The molecule has 2 saturated heterocycles. The van der Waals surface area contributed by atoms with E-state index in [1.807, 2.05) is 17.9 Å². The van der Waals surface area contributed by atoms with Crippen LogP contribution in [0.25, 0.3) is 0 Å². The lowest BCUT2D eigenvalue weighted by molar-refractivity contribution is -0.143. The summed E-state index contributed by atoms with van der Waals surface area (Å²) in [6.45, 7) is 4.08.